The molecule has 1 aromatic rings. The molecule has 0 aliphatic carbocycles. The summed E-state index contributed by atoms with van der Waals surface area (Å²) in [5.74, 6) is -0.823. The summed E-state index contributed by atoms with van der Waals surface area (Å²) in [6.07, 6.45) is 1.63. The molecule has 0 saturated heterocycles. The molecule has 1 aromatic carbocycles. The number of ether oxygens (including phenoxy) is 1. The Morgan fingerprint density at radius 2 is 1.95 bits per heavy atom. The van der Waals surface area contributed by atoms with Crippen LogP contribution < -0.4 is 9.46 Å². The van der Waals surface area contributed by atoms with Gasteiger partial charge in [-0.1, -0.05) is 0 Å². The van der Waals surface area contributed by atoms with Crippen LogP contribution in [0, 0.1) is 11.3 Å². The third-order valence-corrected chi connectivity index (χ3v) is 3.98. The second-order valence-electron chi connectivity index (χ2n) is 4.17. The molecular formula is C13H16N2O5S. The largest absolute Gasteiger partial charge is 0.482 e. The van der Waals surface area contributed by atoms with E-state index in [4.69, 9.17) is 15.1 Å². The summed E-state index contributed by atoms with van der Waals surface area (Å²) >= 11 is 0. The number of benzene rings is 1. The minimum atomic E-state index is -3.60. The summed E-state index contributed by atoms with van der Waals surface area (Å²) in [4.78, 5) is 10.4. The standard InChI is InChI=1S/C13H16N2O5S/c14-8-2-1-3-9-15-21(18,19)12-6-4-11(5-7-12)20-10-13(16)17/h4-7,15H,1-3,9-10H2,(H,16,17). The van der Waals surface area contributed by atoms with Crippen molar-refractivity contribution in [1.29, 1.82) is 5.26 Å². The molecule has 1 rings (SSSR count). The normalized spacial score (nSPS) is 10.8. The Bertz CT molecular complexity index is 604. The van der Waals surface area contributed by atoms with Gasteiger partial charge in [-0.3, -0.25) is 0 Å². The minimum absolute atomic E-state index is 0.0745. The Hall–Kier alpha value is -2.11. The summed E-state index contributed by atoms with van der Waals surface area (Å²) in [5.41, 5.74) is 0. The van der Waals surface area contributed by atoms with Crippen LogP contribution in [0.25, 0.3) is 0 Å². The molecule has 2 N–H and O–H groups in total. The second kappa shape index (κ2) is 8.24. The number of nitrogens with zero attached hydrogens (tertiary/aromatic N) is 1. The molecule has 0 unspecified atom stereocenters. The van der Waals surface area contributed by atoms with E-state index in [2.05, 4.69) is 4.72 Å². The number of carboxylic acid groups (broad SMARTS) is 1. The van der Waals surface area contributed by atoms with E-state index < -0.39 is 22.6 Å². The highest BCUT2D eigenvalue weighted by Gasteiger charge is 2.13. The molecule has 0 spiro atoms. The van der Waals surface area contributed by atoms with Gasteiger partial charge in [0, 0.05) is 13.0 Å². The number of sulfonamides is 1. The van der Waals surface area contributed by atoms with Gasteiger partial charge in [0.1, 0.15) is 5.75 Å². The average molecular weight is 312 g/mol. The fraction of sp³-hybridized carbons (Fsp3) is 0.385. The number of carboxylic acids is 1. The zero-order valence-corrected chi connectivity index (χ0v) is 12.1. The van der Waals surface area contributed by atoms with Crippen molar-refractivity contribution >= 4 is 16.0 Å². The van der Waals surface area contributed by atoms with Crippen molar-refractivity contribution in [3.8, 4) is 11.8 Å². The number of hydrogen-bond donors (Lipinski definition) is 2. The summed E-state index contributed by atoms with van der Waals surface area (Å²) in [5, 5.41) is 16.8. The first-order valence-corrected chi connectivity index (χ1v) is 7.75. The predicted molar refractivity (Wildman–Crippen MR) is 74.2 cm³/mol. The van der Waals surface area contributed by atoms with E-state index in [1.807, 2.05) is 6.07 Å². The van der Waals surface area contributed by atoms with Crippen molar-refractivity contribution in [2.45, 2.75) is 24.2 Å². The Balaban J connectivity index is 2.55. The van der Waals surface area contributed by atoms with Gasteiger partial charge in [-0.2, -0.15) is 5.26 Å². The fourth-order valence-electron chi connectivity index (χ4n) is 1.48. The molecular weight excluding hydrogens is 296 g/mol. The first kappa shape index (κ1) is 16.9. The minimum Gasteiger partial charge on any atom is -0.482 e. The molecule has 7 nitrogen and oxygen atoms in total. The number of nitrogens with one attached hydrogen (secondary N) is 1. The zero-order valence-electron chi connectivity index (χ0n) is 11.3. The van der Waals surface area contributed by atoms with E-state index in [9.17, 15) is 13.2 Å². The van der Waals surface area contributed by atoms with Crippen LogP contribution >= 0.6 is 0 Å². The summed E-state index contributed by atoms with van der Waals surface area (Å²) in [6, 6.07) is 7.47. The van der Waals surface area contributed by atoms with Crippen molar-refractivity contribution < 1.29 is 23.1 Å². The van der Waals surface area contributed by atoms with Crippen molar-refractivity contribution in [1.82, 2.24) is 4.72 Å². The van der Waals surface area contributed by atoms with Crippen LogP contribution in [-0.4, -0.2) is 32.6 Å². The summed E-state index contributed by atoms with van der Waals surface area (Å²) < 4.78 is 31.2. The molecule has 114 valence electrons. The lowest BCUT2D eigenvalue weighted by Crippen LogP contribution is -2.24. The molecule has 0 atom stereocenters. The van der Waals surface area contributed by atoms with Crippen molar-refractivity contribution in [2.24, 2.45) is 0 Å². The van der Waals surface area contributed by atoms with Crippen LogP contribution in [0.5, 0.6) is 5.75 Å². The van der Waals surface area contributed by atoms with Crippen molar-refractivity contribution in [3.05, 3.63) is 24.3 Å². The molecule has 0 amide bonds. The van der Waals surface area contributed by atoms with Crippen molar-refractivity contribution in [3.63, 3.8) is 0 Å². The van der Waals surface area contributed by atoms with E-state index in [0.717, 1.165) is 0 Å². The molecule has 0 bridgehead atoms. The first-order chi connectivity index (χ1) is 9.95. The summed E-state index contributed by atoms with van der Waals surface area (Å²) in [6.45, 7) is -0.218. The van der Waals surface area contributed by atoms with Gasteiger partial charge >= 0.3 is 5.97 Å². The van der Waals surface area contributed by atoms with Gasteiger partial charge in [-0.25, -0.2) is 17.9 Å². The molecule has 0 radical (unpaired) electrons. The lowest BCUT2D eigenvalue weighted by atomic mass is 10.2. The zero-order chi connectivity index (χ0) is 15.7. The molecule has 0 saturated carbocycles. The highest BCUT2D eigenvalue weighted by molar-refractivity contribution is 7.89. The van der Waals surface area contributed by atoms with Gasteiger partial charge in [-0.15, -0.1) is 0 Å². The van der Waals surface area contributed by atoms with Crippen LogP contribution in [0.1, 0.15) is 19.3 Å². The van der Waals surface area contributed by atoms with Crippen LogP contribution in [-0.2, 0) is 14.8 Å². The van der Waals surface area contributed by atoms with Gasteiger partial charge in [0.15, 0.2) is 6.61 Å². The Labute approximate surface area is 123 Å². The lowest BCUT2D eigenvalue weighted by molar-refractivity contribution is -0.139. The van der Waals surface area contributed by atoms with Crippen LogP contribution in [0.4, 0.5) is 0 Å². The van der Waals surface area contributed by atoms with Gasteiger partial charge in [0.2, 0.25) is 10.0 Å². The Kier molecular flexibility index (Phi) is 6.65. The van der Waals surface area contributed by atoms with Crippen LogP contribution in [0.2, 0.25) is 0 Å². The molecule has 0 aliphatic rings. The quantitative estimate of drug-likeness (QED) is 0.660. The van der Waals surface area contributed by atoms with E-state index in [-0.39, 0.29) is 17.2 Å². The monoisotopic (exact) mass is 312 g/mol. The number of hydrogen-bond acceptors (Lipinski definition) is 5. The molecule has 8 heteroatoms. The highest BCUT2D eigenvalue weighted by atomic mass is 32.2. The second-order valence-corrected chi connectivity index (χ2v) is 5.93. The topological polar surface area (TPSA) is 116 Å². The van der Waals surface area contributed by atoms with Crippen LogP contribution in [0.3, 0.4) is 0 Å². The number of carbonyl (C=O) groups is 1. The SMILES string of the molecule is N#CCCCCNS(=O)(=O)c1ccc(OCC(=O)O)cc1. The number of nitriles is 1. The molecule has 0 heterocycles. The maximum Gasteiger partial charge on any atom is 0.341 e. The van der Waals surface area contributed by atoms with E-state index >= 15 is 0 Å². The van der Waals surface area contributed by atoms with E-state index in [1.54, 1.807) is 0 Å². The predicted octanol–water partition coefficient (Wildman–Crippen LogP) is 1.12. The van der Waals surface area contributed by atoms with Crippen molar-refractivity contribution in [2.75, 3.05) is 13.2 Å². The Morgan fingerprint density at radius 1 is 1.29 bits per heavy atom. The van der Waals surface area contributed by atoms with E-state index in [0.29, 0.717) is 19.3 Å². The van der Waals surface area contributed by atoms with Gasteiger partial charge in [0.05, 0.1) is 11.0 Å². The smallest absolute Gasteiger partial charge is 0.341 e. The summed E-state index contributed by atoms with van der Waals surface area (Å²) in [7, 11) is -3.60. The average Bonchev–Trinajstić information content (AvgIpc) is 2.45. The fourth-order valence-corrected chi connectivity index (χ4v) is 2.55. The van der Waals surface area contributed by atoms with Crippen LogP contribution in [0.15, 0.2) is 29.2 Å². The highest BCUT2D eigenvalue weighted by Crippen LogP contribution is 2.15. The molecule has 0 fully saturated rings. The lowest BCUT2D eigenvalue weighted by Gasteiger charge is -2.07. The third-order valence-electron chi connectivity index (χ3n) is 2.50. The van der Waals surface area contributed by atoms with Gasteiger partial charge < -0.3 is 9.84 Å². The maximum absolute atomic E-state index is 11.9. The van der Waals surface area contributed by atoms with Gasteiger partial charge in [0.25, 0.3) is 0 Å². The maximum atomic E-state index is 11.9. The number of rotatable bonds is 9. The molecule has 0 aliphatic heterocycles. The van der Waals surface area contributed by atoms with E-state index in [1.165, 1.54) is 24.3 Å². The molecule has 0 aromatic heterocycles. The Morgan fingerprint density at radius 3 is 2.52 bits per heavy atom. The molecule has 21 heavy (non-hydrogen) atoms. The first-order valence-electron chi connectivity index (χ1n) is 6.27. The van der Waals surface area contributed by atoms with Gasteiger partial charge in [-0.05, 0) is 37.1 Å². The number of aliphatic carboxylic acids is 1. The number of unbranched alkanes of at least 4 members (excludes halogenated alkanes) is 2. The third kappa shape index (κ3) is 6.25.